The molecule has 3 heterocycles. The first-order valence-corrected chi connectivity index (χ1v) is 6.75. The van der Waals surface area contributed by atoms with Crippen molar-refractivity contribution >= 4 is 5.82 Å². The highest BCUT2D eigenvalue weighted by molar-refractivity contribution is 5.41. The average Bonchev–Trinajstić information content (AvgIpc) is 2.29. The van der Waals surface area contributed by atoms with Gasteiger partial charge in [-0.3, -0.25) is 4.90 Å². The van der Waals surface area contributed by atoms with Gasteiger partial charge in [0.15, 0.2) is 0 Å². The summed E-state index contributed by atoms with van der Waals surface area (Å²) in [7, 11) is 0. The van der Waals surface area contributed by atoms with Crippen molar-refractivity contribution < 1.29 is 4.74 Å². The number of pyridine rings is 1. The van der Waals surface area contributed by atoms with Gasteiger partial charge in [-0.15, -0.1) is 0 Å². The van der Waals surface area contributed by atoms with Crippen LogP contribution in [0.1, 0.15) is 12.5 Å². The monoisotopic (exact) mass is 247 g/mol. The predicted octanol–water partition coefficient (Wildman–Crippen LogP) is 1.30. The number of hydrogen-bond donors (Lipinski definition) is 0. The lowest BCUT2D eigenvalue weighted by Crippen LogP contribution is -2.60. The topological polar surface area (TPSA) is 28.6 Å². The maximum absolute atomic E-state index is 5.30. The minimum absolute atomic E-state index is 0.579. The normalized spacial score (nSPS) is 26.1. The molecule has 1 atom stereocenters. The van der Waals surface area contributed by atoms with Crippen LogP contribution in [-0.4, -0.2) is 54.8 Å². The van der Waals surface area contributed by atoms with Gasteiger partial charge in [0.25, 0.3) is 0 Å². The summed E-state index contributed by atoms with van der Waals surface area (Å²) in [6.07, 6.45) is 1.90. The van der Waals surface area contributed by atoms with Crippen LogP contribution in [0.4, 0.5) is 5.82 Å². The van der Waals surface area contributed by atoms with Crippen LogP contribution < -0.4 is 4.90 Å². The Kier molecular flexibility index (Phi) is 3.22. The molecule has 98 valence electrons. The standard InChI is InChI=1S/C14H21N3O/c1-11-3-4-15-14(7-11)16-5-6-17(12(2)8-16)13-9-18-10-13/h3-4,7,12-13H,5-6,8-10H2,1-2H3/t12-/m0/s1. The van der Waals surface area contributed by atoms with E-state index in [1.807, 2.05) is 6.20 Å². The number of aromatic nitrogens is 1. The molecular weight excluding hydrogens is 226 g/mol. The Morgan fingerprint density at radius 3 is 2.78 bits per heavy atom. The summed E-state index contributed by atoms with van der Waals surface area (Å²) in [4.78, 5) is 9.46. The van der Waals surface area contributed by atoms with Gasteiger partial charge < -0.3 is 9.64 Å². The van der Waals surface area contributed by atoms with Crippen LogP contribution in [0.25, 0.3) is 0 Å². The van der Waals surface area contributed by atoms with Crippen LogP contribution in [0.3, 0.4) is 0 Å². The van der Waals surface area contributed by atoms with Crippen molar-refractivity contribution in [2.75, 3.05) is 37.7 Å². The van der Waals surface area contributed by atoms with Crippen LogP contribution >= 0.6 is 0 Å². The van der Waals surface area contributed by atoms with Gasteiger partial charge in [-0.2, -0.15) is 0 Å². The van der Waals surface area contributed by atoms with E-state index in [2.05, 4.69) is 40.8 Å². The third kappa shape index (κ3) is 2.22. The van der Waals surface area contributed by atoms with Gasteiger partial charge in [-0.25, -0.2) is 4.98 Å². The molecule has 1 aromatic rings. The minimum Gasteiger partial charge on any atom is -0.378 e. The molecule has 0 aromatic carbocycles. The molecule has 0 bridgehead atoms. The van der Waals surface area contributed by atoms with Crippen LogP contribution in [0, 0.1) is 6.92 Å². The van der Waals surface area contributed by atoms with Crippen molar-refractivity contribution in [3.63, 3.8) is 0 Å². The number of ether oxygens (including phenoxy) is 1. The van der Waals surface area contributed by atoms with Gasteiger partial charge in [0, 0.05) is 31.9 Å². The lowest BCUT2D eigenvalue weighted by atomic mass is 10.1. The first kappa shape index (κ1) is 11.9. The largest absolute Gasteiger partial charge is 0.378 e. The smallest absolute Gasteiger partial charge is 0.128 e. The molecule has 18 heavy (non-hydrogen) atoms. The second kappa shape index (κ2) is 4.86. The SMILES string of the molecule is Cc1ccnc(N2CCN(C3COC3)[C@@H](C)C2)c1. The van der Waals surface area contributed by atoms with Gasteiger partial charge in [0.2, 0.25) is 0 Å². The van der Waals surface area contributed by atoms with E-state index < -0.39 is 0 Å². The zero-order valence-corrected chi connectivity index (χ0v) is 11.2. The van der Waals surface area contributed by atoms with Crippen molar-refractivity contribution in [2.24, 2.45) is 0 Å². The Bertz CT molecular complexity index is 419. The highest BCUT2D eigenvalue weighted by Crippen LogP contribution is 2.21. The van der Waals surface area contributed by atoms with Crippen LogP contribution in [0.2, 0.25) is 0 Å². The molecule has 0 spiro atoms. The van der Waals surface area contributed by atoms with E-state index in [0.29, 0.717) is 12.1 Å². The molecule has 4 heteroatoms. The summed E-state index contributed by atoms with van der Waals surface area (Å²) < 4.78 is 5.30. The highest BCUT2D eigenvalue weighted by atomic mass is 16.5. The van der Waals surface area contributed by atoms with E-state index in [9.17, 15) is 0 Å². The van der Waals surface area contributed by atoms with Crippen molar-refractivity contribution in [3.8, 4) is 0 Å². The molecule has 1 aromatic heterocycles. The molecule has 0 radical (unpaired) electrons. The molecule has 2 aliphatic rings. The van der Waals surface area contributed by atoms with Gasteiger partial charge in [0.05, 0.1) is 19.3 Å². The first-order valence-electron chi connectivity index (χ1n) is 6.75. The number of piperazine rings is 1. The molecule has 0 aliphatic carbocycles. The Morgan fingerprint density at radius 2 is 2.17 bits per heavy atom. The molecule has 4 nitrogen and oxygen atoms in total. The fraction of sp³-hybridized carbons (Fsp3) is 0.643. The van der Waals surface area contributed by atoms with Crippen molar-refractivity contribution in [1.29, 1.82) is 0 Å². The Hall–Kier alpha value is -1.13. The summed E-state index contributed by atoms with van der Waals surface area (Å²) in [6.45, 7) is 9.49. The molecular formula is C14H21N3O. The number of hydrogen-bond acceptors (Lipinski definition) is 4. The molecule has 2 saturated heterocycles. The minimum atomic E-state index is 0.579. The van der Waals surface area contributed by atoms with Crippen molar-refractivity contribution in [3.05, 3.63) is 23.9 Å². The summed E-state index contributed by atoms with van der Waals surface area (Å²) >= 11 is 0. The molecule has 0 unspecified atom stereocenters. The Balaban J connectivity index is 1.67. The maximum Gasteiger partial charge on any atom is 0.128 e. The van der Waals surface area contributed by atoms with Gasteiger partial charge in [-0.05, 0) is 31.5 Å². The van der Waals surface area contributed by atoms with E-state index in [1.165, 1.54) is 5.56 Å². The molecule has 3 rings (SSSR count). The predicted molar refractivity (Wildman–Crippen MR) is 72.0 cm³/mol. The Labute approximate surface area is 109 Å². The van der Waals surface area contributed by atoms with Crippen molar-refractivity contribution in [1.82, 2.24) is 9.88 Å². The summed E-state index contributed by atoms with van der Waals surface area (Å²) in [5, 5.41) is 0. The Morgan fingerprint density at radius 1 is 1.33 bits per heavy atom. The van der Waals surface area contributed by atoms with E-state index in [1.54, 1.807) is 0 Å². The van der Waals surface area contributed by atoms with Crippen molar-refractivity contribution in [2.45, 2.75) is 25.9 Å². The van der Waals surface area contributed by atoms with Crippen LogP contribution in [0.5, 0.6) is 0 Å². The summed E-state index contributed by atoms with van der Waals surface area (Å²) in [5.41, 5.74) is 1.28. The quantitative estimate of drug-likeness (QED) is 0.787. The number of nitrogens with zero attached hydrogens (tertiary/aromatic N) is 3. The molecule has 0 N–H and O–H groups in total. The molecule has 2 aliphatic heterocycles. The average molecular weight is 247 g/mol. The van der Waals surface area contributed by atoms with Gasteiger partial charge >= 0.3 is 0 Å². The third-order valence-corrected chi connectivity index (χ3v) is 3.99. The highest BCUT2D eigenvalue weighted by Gasteiger charge is 2.33. The number of anilines is 1. The molecule has 2 fully saturated rings. The first-order chi connectivity index (χ1) is 8.74. The van der Waals surface area contributed by atoms with Gasteiger partial charge in [-0.1, -0.05) is 0 Å². The lowest BCUT2D eigenvalue weighted by molar-refractivity contribution is -0.0793. The van der Waals surface area contributed by atoms with E-state index in [0.717, 1.165) is 38.7 Å². The number of rotatable bonds is 2. The van der Waals surface area contributed by atoms with E-state index in [-0.39, 0.29) is 0 Å². The third-order valence-electron chi connectivity index (χ3n) is 3.99. The lowest BCUT2D eigenvalue weighted by Gasteiger charge is -2.46. The maximum atomic E-state index is 5.30. The fourth-order valence-corrected chi connectivity index (χ4v) is 2.83. The zero-order valence-electron chi connectivity index (χ0n) is 11.2. The van der Waals surface area contributed by atoms with E-state index >= 15 is 0 Å². The summed E-state index contributed by atoms with van der Waals surface area (Å²) in [5.74, 6) is 1.12. The number of aryl methyl sites for hydroxylation is 1. The second-order valence-corrected chi connectivity index (χ2v) is 5.42. The zero-order chi connectivity index (χ0) is 12.5. The van der Waals surface area contributed by atoms with Gasteiger partial charge in [0.1, 0.15) is 5.82 Å². The van der Waals surface area contributed by atoms with E-state index in [4.69, 9.17) is 4.74 Å². The summed E-state index contributed by atoms with van der Waals surface area (Å²) in [6, 6.07) is 5.45. The van der Waals surface area contributed by atoms with Crippen LogP contribution in [-0.2, 0) is 4.74 Å². The second-order valence-electron chi connectivity index (χ2n) is 5.42. The van der Waals surface area contributed by atoms with Crippen LogP contribution in [0.15, 0.2) is 18.3 Å². The molecule has 0 amide bonds. The molecule has 0 saturated carbocycles. The fourth-order valence-electron chi connectivity index (χ4n) is 2.83.